The number of rotatable bonds is 5. The summed E-state index contributed by atoms with van der Waals surface area (Å²) < 4.78 is 7.04. The Balaban J connectivity index is 1.42. The molecule has 0 aliphatic carbocycles. The van der Waals surface area contributed by atoms with E-state index in [4.69, 9.17) is 16.0 Å². The van der Waals surface area contributed by atoms with Gasteiger partial charge in [0.2, 0.25) is 5.43 Å². The number of hydrazone groups is 1. The molecule has 8 heteroatoms. The van der Waals surface area contributed by atoms with Crippen LogP contribution in [-0.2, 0) is 6.54 Å². The van der Waals surface area contributed by atoms with E-state index in [1.807, 2.05) is 12.1 Å². The molecular weight excluding hydrogens is 392 g/mol. The molecule has 0 atom stereocenters. The predicted molar refractivity (Wildman–Crippen MR) is 110 cm³/mol. The van der Waals surface area contributed by atoms with Crippen molar-refractivity contribution in [2.45, 2.75) is 6.54 Å². The van der Waals surface area contributed by atoms with Crippen molar-refractivity contribution in [1.29, 1.82) is 0 Å². The standard InChI is InChI=1S/C21H15ClN4O3/c22-16-7-5-14(6-8-16)12-26-10-9-18(25-26)21(28)24-23-11-15-13-29-19-4-2-1-3-17(19)20(15)27/h1-11,13H,12H2,(H,24,28)/b23-11-. The number of para-hydroxylation sites is 1. The minimum atomic E-state index is -0.485. The molecule has 2 aromatic carbocycles. The number of hydrogen-bond donors (Lipinski definition) is 1. The zero-order valence-corrected chi connectivity index (χ0v) is 15.8. The molecule has 0 aliphatic heterocycles. The summed E-state index contributed by atoms with van der Waals surface area (Å²) in [4.78, 5) is 24.6. The number of nitrogens with one attached hydrogen (secondary N) is 1. The van der Waals surface area contributed by atoms with Gasteiger partial charge in [-0.2, -0.15) is 10.2 Å². The van der Waals surface area contributed by atoms with Gasteiger partial charge in [-0.25, -0.2) is 5.43 Å². The molecule has 144 valence electrons. The van der Waals surface area contributed by atoms with Gasteiger partial charge in [-0.3, -0.25) is 14.3 Å². The number of carbonyl (C=O) groups excluding carboxylic acids is 1. The van der Waals surface area contributed by atoms with E-state index in [0.717, 1.165) is 5.56 Å². The molecule has 0 saturated heterocycles. The molecule has 2 heterocycles. The van der Waals surface area contributed by atoms with Gasteiger partial charge in [-0.15, -0.1) is 0 Å². The van der Waals surface area contributed by atoms with Crippen molar-refractivity contribution in [3.05, 3.63) is 99.1 Å². The Labute approximate surface area is 170 Å². The maximum absolute atomic E-state index is 12.4. The van der Waals surface area contributed by atoms with Crippen LogP contribution in [0.1, 0.15) is 21.6 Å². The third kappa shape index (κ3) is 4.25. The quantitative estimate of drug-likeness (QED) is 0.406. The molecule has 7 nitrogen and oxygen atoms in total. The Morgan fingerprint density at radius 3 is 2.79 bits per heavy atom. The first-order chi connectivity index (χ1) is 14.1. The minimum absolute atomic E-state index is 0.210. The van der Waals surface area contributed by atoms with Crippen LogP contribution >= 0.6 is 11.6 Å². The highest BCUT2D eigenvalue weighted by Crippen LogP contribution is 2.11. The van der Waals surface area contributed by atoms with Crippen molar-refractivity contribution < 1.29 is 9.21 Å². The van der Waals surface area contributed by atoms with Crippen LogP contribution in [0, 0.1) is 0 Å². The van der Waals surface area contributed by atoms with Crippen LogP contribution in [0.25, 0.3) is 11.0 Å². The lowest BCUT2D eigenvalue weighted by Crippen LogP contribution is -2.19. The average Bonchev–Trinajstić information content (AvgIpc) is 3.20. The van der Waals surface area contributed by atoms with Crippen molar-refractivity contribution in [1.82, 2.24) is 15.2 Å². The first-order valence-corrected chi connectivity index (χ1v) is 9.10. The molecule has 0 spiro atoms. The van der Waals surface area contributed by atoms with Gasteiger partial charge in [0, 0.05) is 11.2 Å². The second-order valence-electron chi connectivity index (χ2n) is 6.24. The lowest BCUT2D eigenvalue weighted by molar-refractivity contribution is 0.0949. The van der Waals surface area contributed by atoms with E-state index >= 15 is 0 Å². The Morgan fingerprint density at radius 1 is 1.17 bits per heavy atom. The average molecular weight is 407 g/mol. The van der Waals surface area contributed by atoms with Crippen molar-refractivity contribution in [2.75, 3.05) is 0 Å². The highest BCUT2D eigenvalue weighted by atomic mass is 35.5. The van der Waals surface area contributed by atoms with Gasteiger partial charge >= 0.3 is 0 Å². The van der Waals surface area contributed by atoms with Gasteiger partial charge in [-0.1, -0.05) is 35.9 Å². The smallest absolute Gasteiger partial charge is 0.291 e. The maximum atomic E-state index is 12.4. The number of aromatic nitrogens is 2. The first kappa shape index (κ1) is 18.6. The zero-order valence-electron chi connectivity index (χ0n) is 15.1. The van der Waals surface area contributed by atoms with E-state index in [1.165, 1.54) is 12.5 Å². The van der Waals surface area contributed by atoms with Crippen molar-refractivity contribution >= 4 is 34.7 Å². The molecule has 1 amide bonds. The van der Waals surface area contributed by atoms with E-state index in [9.17, 15) is 9.59 Å². The van der Waals surface area contributed by atoms with Gasteiger partial charge in [0.05, 0.1) is 23.7 Å². The summed E-state index contributed by atoms with van der Waals surface area (Å²) in [7, 11) is 0. The van der Waals surface area contributed by atoms with E-state index in [2.05, 4.69) is 15.6 Å². The fraction of sp³-hybridized carbons (Fsp3) is 0.0476. The van der Waals surface area contributed by atoms with Gasteiger partial charge in [0.25, 0.3) is 5.91 Å². The number of nitrogens with zero attached hydrogens (tertiary/aromatic N) is 3. The van der Waals surface area contributed by atoms with Crippen LogP contribution < -0.4 is 10.9 Å². The normalized spacial score (nSPS) is 11.2. The summed E-state index contributed by atoms with van der Waals surface area (Å²) in [6, 6.07) is 15.9. The van der Waals surface area contributed by atoms with E-state index in [1.54, 1.807) is 53.3 Å². The van der Waals surface area contributed by atoms with E-state index < -0.39 is 5.91 Å². The predicted octanol–water partition coefficient (Wildman–Crippen LogP) is 3.46. The monoisotopic (exact) mass is 406 g/mol. The summed E-state index contributed by atoms with van der Waals surface area (Å²) >= 11 is 5.88. The number of carbonyl (C=O) groups is 1. The molecule has 0 fully saturated rings. The fourth-order valence-corrected chi connectivity index (χ4v) is 2.87. The molecule has 4 aromatic rings. The third-order valence-corrected chi connectivity index (χ3v) is 4.46. The molecule has 2 aromatic heterocycles. The van der Waals surface area contributed by atoms with Crippen LogP contribution in [-0.4, -0.2) is 21.9 Å². The Hall–Kier alpha value is -3.71. The molecular formula is C21H15ClN4O3. The number of benzene rings is 2. The zero-order chi connectivity index (χ0) is 20.2. The van der Waals surface area contributed by atoms with Crippen molar-refractivity contribution in [2.24, 2.45) is 5.10 Å². The first-order valence-electron chi connectivity index (χ1n) is 8.72. The van der Waals surface area contributed by atoms with Crippen molar-refractivity contribution in [3.8, 4) is 0 Å². The molecule has 0 unspecified atom stereocenters. The minimum Gasteiger partial charge on any atom is -0.463 e. The Kier molecular flexibility index (Phi) is 5.22. The van der Waals surface area contributed by atoms with Gasteiger partial charge in [0.15, 0.2) is 5.69 Å². The second kappa shape index (κ2) is 8.12. The Morgan fingerprint density at radius 2 is 1.97 bits per heavy atom. The van der Waals surface area contributed by atoms with Crippen LogP contribution in [0.2, 0.25) is 5.02 Å². The lowest BCUT2D eigenvalue weighted by Gasteiger charge is -2.02. The van der Waals surface area contributed by atoms with Gasteiger partial charge in [-0.05, 0) is 35.9 Å². The molecule has 1 N–H and O–H groups in total. The third-order valence-electron chi connectivity index (χ3n) is 4.21. The van der Waals surface area contributed by atoms with Crippen LogP contribution in [0.15, 0.2) is 81.4 Å². The molecule has 0 saturated carbocycles. The van der Waals surface area contributed by atoms with E-state index in [-0.39, 0.29) is 16.7 Å². The highest BCUT2D eigenvalue weighted by molar-refractivity contribution is 6.30. The summed E-state index contributed by atoms with van der Waals surface area (Å²) in [6.07, 6.45) is 4.26. The van der Waals surface area contributed by atoms with Gasteiger partial charge < -0.3 is 4.42 Å². The van der Waals surface area contributed by atoms with Crippen LogP contribution in [0.5, 0.6) is 0 Å². The molecule has 4 rings (SSSR count). The fourth-order valence-electron chi connectivity index (χ4n) is 2.75. The SMILES string of the molecule is O=C(N/N=C\c1coc2ccccc2c1=O)c1ccn(Cc2ccc(Cl)cc2)n1. The summed E-state index contributed by atoms with van der Waals surface area (Å²) in [6.45, 7) is 0.506. The Bertz CT molecular complexity index is 1260. The maximum Gasteiger partial charge on any atom is 0.291 e. The summed E-state index contributed by atoms with van der Waals surface area (Å²) in [5.41, 5.74) is 4.08. The second-order valence-corrected chi connectivity index (χ2v) is 6.68. The van der Waals surface area contributed by atoms with E-state index in [0.29, 0.717) is 22.5 Å². The lowest BCUT2D eigenvalue weighted by atomic mass is 10.2. The molecule has 0 aliphatic rings. The number of fused-ring (bicyclic) bond motifs is 1. The summed E-state index contributed by atoms with van der Waals surface area (Å²) in [5.74, 6) is -0.485. The number of halogens is 1. The summed E-state index contributed by atoms with van der Waals surface area (Å²) in [5, 5.41) is 9.18. The number of hydrogen-bond acceptors (Lipinski definition) is 5. The molecule has 0 bridgehead atoms. The number of amides is 1. The van der Waals surface area contributed by atoms with Crippen LogP contribution in [0.3, 0.4) is 0 Å². The molecule has 29 heavy (non-hydrogen) atoms. The topological polar surface area (TPSA) is 89.5 Å². The van der Waals surface area contributed by atoms with Gasteiger partial charge in [0.1, 0.15) is 11.8 Å². The van der Waals surface area contributed by atoms with Crippen molar-refractivity contribution in [3.63, 3.8) is 0 Å². The highest BCUT2D eigenvalue weighted by Gasteiger charge is 2.09. The largest absolute Gasteiger partial charge is 0.463 e. The van der Waals surface area contributed by atoms with Crippen LogP contribution in [0.4, 0.5) is 0 Å². The molecule has 0 radical (unpaired) electrons.